The zero-order valence-corrected chi connectivity index (χ0v) is 7.27. The monoisotopic (exact) mass is 189 g/mol. The van der Waals surface area contributed by atoms with Crippen LogP contribution in [0, 0.1) is 11.3 Å². The number of carbonyl (C=O) groups is 1. The first-order valence-electron chi connectivity index (χ1n) is 4.13. The highest BCUT2D eigenvalue weighted by atomic mass is 16.8. The van der Waals surface area contributed by atoms with Crippen LogP contribution in [-0.4, -0.2) is 12.8 Å². The first-order valence-corrected chi connectivity index (χ1v) is 4.13. The molecule has 2 rings (SSSR count). The first kappa shape index (κ1) is 8.57. The number of nitriles is 1. The van der Waals surface area contributed by atoms with Crippen molar-refractivity contribution in [2.45, 2.75) is 6.10 Å². The molecule has 0 radical (unpaired) electrons. The number of hydrogen-bond acceptors (Lipinski definition) is 4. The molecule has 1 aromatic rings. The van der Waals surface area contributed by atoms with Gasteiger partial charge < -0.3 is 9.47 Å². The van der Waals surface area contributed by atoms with Crippen molar-refractivity contribution in [2.24, 2.45) is 0 Å². The molecule has 1 unspecified atom stereocenters. The maximum absolute atomic E-state index is 10.7. The first-order chi connectivity index (χ1) is 6.79. The Morgan fingerprint density at radius 3 is 2.57 bits per heavy atom. The quantitative estimate of drug-likeness (QED) is 0.631. The molecule has 0 bridgehead atoms. The average molecular weight is 189 g/mol. The lowest BCUT2D eigenvalue weighted by Crippen LogP contribution is -1.99. The fraction of sp³-hybridized carbons (Fsp3) is 0.200. The molecular formula is C10H7NO3. The van der Waals surface area contributed by atoms with Crippen molar-refractivity contribution >= 4 is 6.16 Å². The zero-order valence-electron chi connectivity index (χ0n) is 7.27. The van der Waals surface area contributed by atoms with Crippen molar-refractivity contribution in [1.29, 1.82) is 5.26 Å². The molecule has 0 saturated carbocycles. The van der Waals surface area contributed by atoms with Crippen molar-refractivity contribution in [3.8, 4) is 6.07 Å². The highest BCUT2D eigenvalue weighted by molar-refractivity contribution is 5.62. The van der Waals surface area contributed by atoms with Gasteiger partial charge in [0, 0.05) is 0 Å². The molecule has 0 amide bonds. The molecule has 1 aliphatic heterocycles. The van der Waals surface area contributed by atoms with Gasteiger partial charge in [0.1, 0.15) is 6.61 Å². The zero-order chi connectivity index (χ0) is 9.97. The van der Waals surface area contributed by atoms with E-state index in [2.05, 4.69) is 4.74 Å². The van der Waals surface area contributed by atoms with Gasteiger partial charge in [0.25, 0.3) is 0 Å². The highest BCUT2D eigenvalue weighted by Gasteiger charge is 2.26. The van der Waals surface area contributed by atoms with Crippen LogP contribution >= 0.6 is 0 Å². The minimum Gasteiger partial charge on any atom is -0.430 e. The van der Waals surface area contributed by atoms with E-state index in [0.29, 0.717) is 5.56 Å². The van der Waals surface area contributed by atoms with Gasteiger partial charge in [0.2, 0.25) is 0 Å². The lowest BCUT2D eigenvalue weighted by molar-refractivity contribution is 0.118. The van der Waals surface area contributed by atoms with Crippen LogP contribution in [0.2, 0.25) is 0 Å². The van der Waals surface area contributed by atoms with Gasteiger partial charge in [-0.1, -0.05) is 12.1 Å². The molecule has 1 aliphatic rings. The van der Waals surface area contributed by atoms with E-state index >= 15 is 0 Å². The topological polar surface area (TPSA) is 59.3 Å². The SMILES string of the molecule is N#Cc1ccc(C2COC(=O)O2)cc1. The van der Waals surface area contributed by atoms with Crippen molar-refractivity contribution in [3.63, 3.8) is 0 Å². The number of cyclic esters (lactones) is 2. The molecule has 1 saturated heterocycles. The molecule has 1 heterocycles. The Balaban J connectivity index is 2.18. The van der Waals surface area contributed by atoms with Crippen LogP contribution in [0.5, 0.6) is 0 Å². The maximum Gasteiger partial charge on any atom is 0.509 e. The Kier molecular flexibility index (Phi) is 2.07. The van der Waals surface area contributed by atoms with Gasteiger partial charge in [0.05, 0.1) is 11.6 Å². The van der Waals surface area contributed by atoms with E-state index in [1.165, 1.54) is 0 Å². The Morgan fingerprint density at radius 1 is 1.36 bits per heavy atom. The van der Waals surface area contributed by atoms with Gasteiger partial charge in [-0.3, -0.25) is 0 Å². The van der Waals surface area contributed by atoms with Crippen LogP contribution in [0.4, 0.5) is 4.79 Å². The number of hydrogen-bond donors (Lipinski definition) is 0. The van der Waals surface area contributed by atoms with Crippen LogP contribution in [0.25, 0.3) is 0 Å². The summed E-state index contributed by atoms with van der Waals surface area (Å²) < 4.78 is 9.53. The summed E-state index contributed by atoms with van der Waals surface area (Å²) in [6.07, 6.45) is -0.977. The number of ether oxygens (including phenoxy) is 2. The Hall–Kier alpha value is -2.02. The number of nitrogens with zero attached hydrogens (tertiary/aromatic N) is 1. The Labute approximate surface area is 80.7 Å². The molecule has 1 aromatic carbocycles. The fourth-order valence-corrected chi connectivity index (χ4v) is 1.26. The van der Waals surface area contributed by atoms with Crippen molar-refractivity contribution in [3.05, 3.63) is 35.4 Å². The van der Waals surface area contributed by atoms with E-state index in [1.54, 1.807) is 24.3 Å². The van der Waals surface area contributed by atoms with Crippen molar-refractivity contribution < 1.29 is 14.3 Å². The van der Waals surface area contributed by atoms with Crippen LogP contribution in [0.15, 0.2) is 24.3 Å². The number of carbonyl (C=O) groups excluding carboxylic acids is 1. The summed E-state index contributed by atoms with van der Waals surface area (Å²) in [5, 5.41) is 8.58. The highest BCUT2D eigenvalue weighted by Crippen LogP contribution is 2.23. The Morgan fingerprint density at radius 2 is 2.07 bits per heavy atom. The molecule has 70 valence electrons. The molecule has 14 heavy (non-hydrogen) atoms. The third-order valence-corrected chi connectivity index (χ3v) is 2.00. The summed E-state index contributed by atoms with van der Waals surface area (Å²) >= 11 is 0. The van der Waals surface area contributed by atoms with Crippen molar-refractivity contribution in [1.82, 2.24) is 0 Å². The molecular weight excluding hydrogens is 182 g/mol. The van der Waals surface area contributed by atoms with Gasteiger partial charge in [-0.25, -0.2) is 4.79 Å². The standard InChI is InChI=1S/C10H7NO3/c11-5-7-1-3-8(4-2-7)9-6-13-10(12)14-9/h1-4,9H,6H2. The summed E-state index contributed by atoms with van der Waals surface area (Å²) in [7, 11) is 0. The predicted molar refractivity (Wildman–Crippen MR) is 46.3 cm³/mol. The van der Waals surface area contributed by atoms with Crippen LogP contribution in [0.3, 0.4) is 0 Å². The van der Waals surface area contributed by atoms with E-state index in [1.807, 2.05) is 6.07 Å². The molecule has 0 spiro atoms. The number of rotatable bonds is 1. The van der Waals surface area contributed by atoms with Crippen LogP contribution < -0.4 is 0 Å². The lowest BCUT2D eigenvalue weighted by atomic mass is 10.1. The minimum absolute atomic E-state index is 0.241. The minimum atomic E-state index is -0.639. The smallest absolute Gasteiger partial charge is 0.430 e. The predicted octanol–water partition coefficient (Wildman–Crippen LogP) is 1.77. The van der Waals surface area contributed by atoms with E-state index in [-0.39, 0.29) is 12.7 Å². The van der Waals surface area contributed by atoms with E-state index in [4.69, 9.17) is 10.00 Å². The fourth-order valence-electron chi connectivity index (χ4n) is 1.26. The average Bonchev–Trinajstić information content (AvgIpc) is 2.65. The van der Waals surface area contributed by atoms with E-state index in [9.17, 15) is 4.79 Å². The third-order valence-electron chi connectivity index (χ3n) is 2.00. The van der Waals surface area contributed by atoms with Gasteiger partial charge >= 0.3 is 6.16 Å². The Bertz CT molecular complexity index is 391. The molecule has 0 aliphatic carbocycles. The van der Waals surface area contributed by atoms with Gasteiger partial charge in [-0.2, -0.15) is 5.26 Å². The maximum atomic E-state index is 10.7. The second-order valence-corrected chi connectivity index (χ2v) is 2.90. The van der Waals surface area contributed by atoms with E-state index in [0.717, 1.165) is 5.56 Å². The summed E-state index contributed by atoms with van der Waals surface area (Å²) in [5.41, 5.74) is 1.42. The van der Waals surface area contributed by atoms with Gasteiger partial charge in [-0.05, 0) is 17.7 Å². The third kappa shape index (κ3) is 1.52. The largest absolute Gasteiger partial charge is 0.509 e. The summed E-state index contributed by atoms with van der Waals surface area (Å²) in [6, 6.07) is 8.89. The summed E-state index contributed by atoms with van der Waals surface area (Å²) in [4.78, 5) is 10.7. The summed E-state index contributed by atoms with van der Waals surface area (Å²) in [5.74, 6) is 0. The van der Waals surface area contributed by atoms with Gasteiger partial charge in [-0.15, -0.1) is 0 Å². The van der Waals surface area contributed by atoms with Crippen LogP contribution in [-0.2, 0) is 9.47 Å². The van der Waals surface area contributed by atoms with Crippen molar-refractivity contribution in [2.75, 3.05) is 6.61 Å². The van der Waals surface area contributed by atoms with E-state index < -0.39 is 6.16 Å². The molecule has 4 heteroatoms. The van der Waals surface area contributed by atoms with Crippen LogP contribution in [0.1, 0.15) is 17.2 Å². The lowest BCUT2D eigenvalue weighted by Gasteiger charge is -2.05. The van der Waals surface area contributed by atoms with Gasteiger partial charge in [0.15, 0.2) is 6.10 Å². The second kappa shape index (κ2) is 3.38. The molecule has 1 atom stereocenters. The molecule has 4 nitrogen and oxygen atoms in total. The molecule has 1 fully saturated rings. The normalized spacial score (nSPS) is 19.6. The second-order valence-electron chi connectivity index (χ2n) is 2.90. The summed E-state index contributed by atoms with van der Waals surface area (Å²) in [6.45, 7) is 0.241. The molecule has 0 N–H and O–H groups in total. The molecule has 0 aromatic heterocycles. The number of benzene rings is 1.